The number of hydrogen-bond donors (Lipinski definition) is 2. The highest BCUT2D eigenvalue weighted by atomic mass is 32.2. The highest BCUT2D eigenvalue weighted by Gasteiger charge is 2.17. The second kappa shape index (κ2) is 8.07. The summed E-state index contributed by atoms with van der Waals surface area (Å²) in [6, 6.07) is 22.7. The first-order valence-electron chi connectivity index (χ1n) is 8.99. The molecule has 0 fully saturated rings. The number of benzene rings is 3. The third-order valence-corrected chi connectivity index (χ3v) is 5.70. The Labute approximate surface area is 173 Å². The molecule has 0 saturated heterocycles. The molecule has 0 spiro atoms. The number of nitrogens with zero attached hydrogens (tertiary/aromatic N) is 2. The summed E-state index contributed by atoms with van der Waals surface area (Å²) in [6.45, 7) is 0. The van der Waals surface area contributed by atoms with Crippen LogP contribution in [0.3, 0.4) is 0 Å². The monoisotopic (exact) mass is 422 g/mol. The molecule has 0 unspecified atom stereocenters. The molecule has 9 heteroatoms. The summed E-state index contributed by atoms with van der Waals surface area (Å²) < 4.78 is 25.8. The zero-order valence-electron chi connectivity index (χ0n) is 15.9. The van der Waals surface area contributed by atoms with Gasteiger partial charge in [-0.15, -0.1) is 0 Å². The Balaban J connectivity index is 1.67. The van der Waals surface area contributed by atoms with Gasteiger partial charge < -0.3 is 0 Å². The van der Waals surface area contributed by atoms with Crippen molar-refractivity contribution < 1.29 is 18.0 Å². The van der Waals surface area contributed by atoms with E-state index in [1.807, 2.05) is 64.0 Å². The summed E-state index contributed by atoms with van der Waals surface area (Å²) >= 11 is 0. The van der Waals surface area contributed by atoms with Gasteiger partial charge in [-0.1, -0.05) is 35.2 Å². The van der Waals surface area contributed by atoms with Crippen molar-refractivity contribution in [2.24, 2.45) is 0 Å². The quantitative estimate of drug-likeness (QED) is 0.465. The average Bonchev–Trinajstić information content (AvgIpc) is 3.12. The fourth-order valence-corrected chi connectivity index (χ4v) is 3.88. The predicted octanol–water partition coefficient (Wildman–Crippen LogP) is 3.12. The number of carbonyl (C=O) groups excluding carboxylic acids is 1. The number of hydrogen-bond acceptors (Lipinski definition) is 5. The van der Waals surface area contributed by atoms with E-state index in [4.69, 9.17) is 0 Å². The van der Waals surface area contributed by atoms with Crippen LogP contribution in [0.25, 0.3) is 16.7 Å². The van der Waals surface area contributed by atoms with Gasteiger partial charge in [-0.25, -0.2) is 13.4 Å². The zero-order valence-corrected chi connectivity index (χ0v) is 16.8. The Morgan fingerprint density at radius 1 is 0.933 bits per heavy atom. The first-order chi connectivity index (χ1) is 14.5. The van der Waals surface area contributed by atoms with Gasteiger partial charge >= 0.3 is 0 Å². The van der Waals surface area contributed by atoms with Crippen molar-refractivity contribution in [2.45, 2.75) is 4.90 Å². The molecule has 4 rings (SSSR count). The number of imidazole rings is 1. The van der Waals surface area contributed by atoms with E-state index in [-0.39, 0.29) is 10.5 Å². The SMILES string of the molecule is CONS(=O)(=O)c1ccc(C(=O)Nc2nc3ccccc3n2-c2ccccc2)cc1. The maximum Gasteiger partial charge on any atom is 0.262 e. The van der Waals surface area contributed by atoms with Gasteiger partial charge in [-0.05, 0) is 48.5 Å². The second-order valence-electron chi connectivity index (χ2n) is 6.36. The van der Waals surface area contributed by atoms with Crippen LogP contribution in [0, 0.1) is 0 Å². The van der Waals surface area contributed by atoms with Crippen molar-refractivity contribution in [1.29, 1.82) is 0 Å². The molecule has 1 heterocycles. The summed E-state index contributed by atoms with van der Waals surface area (Å²) in [5.41, 5.74) is 2.74. The number of sulfonamides is 1. The first-order valence-corrected chi connectivity index (χ1v) is 10.5. The Kier molecular flexibility index (Phi) is 5.32. The van der Waals surface area contributed by atoms with Gasteiger partial charge in [0.25, 0.3) is 15.9 Å². The van der Waals surface area contributed by atoms with Crippen LogP contribution in [0.1, 0.15) is 10.4 Å². The van der Waals surface area contributed by atoms with E-state index in [1.165, 1.54) is 31.4 Å². The van der Waals surface area contributed by atoms with Crippen molar-refractivity contribution in [3.63, 3.8) is 0 Å². The van der Waals surface area contributed by atoms with Gasteiger partial charge in [0.2, 0.25) is 5.95 Å². The number of para-hydroxylation sites is 3. The maximum atomic E-state index is 12.8. The Bertz CT molecular complexity index is 1300. The zero-order chi connectivity index (χ0) is 21.1. The van der Waals surface area contributed by atoms with Crippen molar-refractivity contribution >= 4 is 32.9 Å². The predicted molar refractivity (Wildman–Crippen MR) is 113 cm³/mol. The number of rotatable bonds is 6. The molecule has 1 aromatic heterocycles. The normalized spacial score (nSPS) is 11.5. The lowest BCUT2D eigenvalue weighted by Crippen LogP contribution is -2.22. The molecule has 152 valence electrons. The van der Waals surface area contributed by atoms with Crippen molar-refractivity contribution in [2.75, 3.05) is 12.4 Å². The molecule has 0 atom stereocenters. The third kappa shape index (κ3) is 3.81. The largest absolute Gasteiger partial charge is 0.292 e. The van der Waals surface area contributed by atoms with Gasteiger partial charge in [-0.3, -0.25) is 19.5 Å². The van der Waals surface area contributed by atoms with Gasteiger partial charge in [0.15, 0.2) is 0 Å². The first kappa shape index (κ1) is 19.8. The van der Waals surface area contributed by atoms with Crippen LogP contribution in [0.4, 0.5) is 5.95 Å². The number of carbonyl (C=O) groups is 1. The van der Waals surface area contributed by atoms with Crippen LogP contribution >= 0.6 is 0 Å². The van der Waals surface area contributed by atoms with E-state index in [0.29, 0.717) is 5.95 Å². The number of amides is 1. The molecule has 0 bridgehead atoms. The summed E-state index contributed by atoms with van der Waals surface area (Å²) in [4.78, 5) is 23.7. The molecule has 1 amide bonds. The topological polar surface area (TPSA) is 102 Å². The van der Waals surface area contributed by atoms with E-state index in [9.17, 15) is 13.2 Å². The van der Waals surface area contributed by atoms with Gasteiger partial charge in [0, 0.05) is 11.3 Å². The van der Waals surface area contributed by atoms with Crippen LogP contribution in [0.5, 0.6) is 0 Å². The lowest BCUT2D eigenvalue weighted by Gasteiger charge is -2.10. The highest BCUT2D eigenvalue weighted by Crippen LogP contribution is 2.25. The van der Waals surface area contributed by atoms with Gasteiger partial charge in [0.1, 0.15) is 0 Å². The lowest BCUT2D eigenvalue weighted by molar-refractivity contribution is 0.102. The molecule has 8 nitrogen and oxygen atoms in total. The van der Waals surface area contributed by atoms with Crippen LogP contribution in [-0.4, -0.2) is 31.0 Å². The van der Waals surface area contributed by atoms with Crippen LogP contribution in [0.15, 0.2) is 83.8 Å². The highest BCUT2D eigenvalue weighted by molar-refractivity contribution is 7.89. The molecular formula is C21H18N4O4S. The molecule has 0 aliphatic carbocycles. The van der Waals surface area contributed by atoms with Crippen molar-refractivity contribution in [3.8, 4) is 5.69 Å². The Hall–Kier alpha value is -3.53. The Morgan fingerprint density at radius 2 is 1.60 bits per heavy atom. The number of aromatic nitrogens is 2. The second-order valence-corrected chi connectivity index (χ2v) is 8.01. The minimum absolute atomic E-state index is 0.0163. The standard InChI is InChI=1S/C21H18N4O4S/c1-29-24-30(27,28)17-13-11-15(12-14-17)20(26)23-21-22-18-9-5-6-10-19(18)25(21)16-7-3-2-4-8-16/h2-14,24H,1H3,(H,22,23,26). The van der Waals surface area contributed by atoms with E-state index in [2.05, 4.69) is 15.1 Å². The van der Waals surface area contributed by atoms with Crippen LogP contribution < -0.4 is 10.2 Å². The molecule has 0 radical (unpaired) electrons. The summed E-state index contributed by atoms with van der Waals surface area (Å²) in [5.74, 6) is -0.0451. The molecule has 0 aliphatic heterocycles. The minimum Gasteiger partial charge on any atom is -0.292 e. The van der Waals surface area contributed by atoms with E-state index < -0.39 is 15.9 Å². The molecule has 0 saturated carbocycles. The summed E-state index contributed by atoms with van der Waals surface area (Å²) in [7, 11) is -2.59. The molecule has 3 aromatic carbocycles. The van der Waals surface area contributed by atoms with Gasteiger partial charge in [-0.2, -0.15) is 0 Å². The molecule has 30 heavy (non-hydrogen) atoms. The maximum absolute atomic E-state index is 12.8. The smallest absolute Gasteiger partial charge is 0.262 e. The summed E-state index contributed by atoms with van der Waals surface area (Å²) in [5, 5.41) is 2.82. The van der Waals surface area contributed by atoms with E-state index in [0.717, 1.165) is 16.7 Å². The number of anilines is 1. The number of nitrogens with one attached hydrogen (secondary N) is 2. The van der Waals surface area contributed by atoms with Gasteiger partial charge in [0.05, 0.1) is 23.0 Å². The lowest BCUT2D eigenvalue weighted by atomic mass is 10.2. The Morgan fingerprint density at radius 3 is 2.30 bits per heavy atom. The molecule has 0 aliphatic rings. The molecule has 2 N–H and O–H groups in total. The number of fused-ring (bicyclic) bond motifs is 1. The third-order valence-electron chi connectivity index (χ3n) is 4.42. The summed E-state index contributed by atoms with van der Waals surface area (Å²) in [6.07, 6.45) is 0. The van der Waals surface area contributed by atoms with Crippen LogP contribution in [-0.2, 0) is 14.9 Å². The fraction of sp³-hybridized carbons (Fsp3) is 0.0476. The molecular weight excluding hydrogens is 404 g/mol. The van der Waals surface area contributed by atoms with E-state index in [1.54, 1.807) is 0 Å². The average molecular weight is 422 g/mol. The fourth-order valence-electron chi connectivity index (χ4n) is 3.07. The minimum atomic E-state index is -3.79. The van der Waals surface area contributed by atoms with Crippen LogP contribution in [0.2, 0.25) is 0 Å². The van der Waals surface area contributed by atoms with Crippen molar-refractivity contribution in [1.82, 2.24) is 14.4 Å². The molecule has 4 aromatic rings. The van der Waals surface area contributed by atoms with E-state index >= 15 is 0 Å². The van der Waals surface area contributed by atoms with Crippen molar-refractivity contribution in [3.05, 3.63) is 84.4 Å².